The largest absolute Gasteiger partial charge is 0.476 e. The molecule has 3 rings (SSSR count). The van der Waals surface area contributed by atoms with Crippen molar-refractivity contribution in [1.82, 2.24) is 10.6 Å². The number of hydrogen-bond acceptors (Lipinski definition) is 3. The van der Waals surface area contributed by atoms with Crippen LogP contribution in [0.4, 0.5) is 13.6 Å². The Labute approximate surface area is 198 Å². The van der Waals surface area contributed by atoms with Crippen LogP contribution in [0.25, 0.3) is 0 Å². The standard InChI is InChI=1S/C22H17Cl3F2N2O3/c1-11-16(28-21(31)29-20(30)18-14(26)4-3-5-15(18)27)8-9-22(2,19(11)25)32-17-7-6-12(23)10-13(17)24/h3-10,16H,1-2H3,(H2,28,29,30,31). The monoisotopic (exact) mass is 500 g/mol. The average molecular weight is 502 g/mol. The number of amides is 3. The van der Waals surface area contributed by atoms with Gasteiger partial charge in [-0.2, -0.15) is 0 Å². The fourth-order valence-electron chi connectivity index (χ4n) is 3.10. The number of benzene rings is 2. The van der Waals surface area contributed by atoms with Crippen LogP contribution < -0.4 is 15.4 Å². The maximum Gasteiger partial charge on any atom is 0.322 e. The van der Waals surface area contributed by atoms with Crippen molar-refractivity contribution in [2.24, 2.45) is 0 Å². The van der Waals surface area contributed by atoms with Crippen molar-refractivity contribution in [2.45, 2.75) is 25.5 Å². The van der Waals surface area contributed by atoms with Gasteiger partial charge >= 0.3 is 6.03 Å². The van der Waals surface area contributed by atoms with Crippen LogP contribution in [-0.4, -0.2) is 23.6 Å². The van der Waals surface area contributed by atoms with E-state index in [1.165, 1.54) is 6.07 Å². The summed E-state index contributed by atoms with van der Waals surface area (Å²) in [6, 6.07) is 6.05. The van der Waals surface area contributed by atoms with Crippen molar-refractivity contribution in [2.75, 3.05) is 0 Å². The zero-order chi connectivity index (χ0) is 23.6. The lowest BCUT2D eigenvalue weighted by molar-refractivity contribution is 0.0955. The first-order valence-electron chi connectivity index (χ1n) is 9.28. The highest BCUT2D eigenvalue weighted by atomic mass is 35.5. The molecule has 0 saturated heterocycles. The second-order valence-corrected chi connectivity index (χ2v) is 8.36. The molecule has 5 nitrogen and oxygen atoms in total. The molecule has 2 aromatic rings. The van der Waals surface area contributed by atoms with Crippen molar-refractivity contribution in [1.29, 1.82) is 0 Å². The molecule has 0 spiro atoms. The smallest absolute Gasteiger partial charge is 0.322 e. The second-order valence-electron chi connectivity index (χ2n) is 7.14. The summed E-state index contributed by atoms with van der Waals surface area (Å²) in [7, 11) is 0. The summed E-state index contributed by atoms with van der Waals surface area (Å²) in [4.78, 5) is 24.3. The van der Waals surface area contributed by atoms with Crippen molar-refractivity contribution >= 4 is 46.7 Å². The van der Waals surface area contributed by atoms with E-state index in [4.69, 9.17) is 39.5 Å². The van der Waals surface area contributed by atoms with Gasteiger partial charge in [-0.05, 0) is 55.8 Å². The Kier molecular flexibility index (Phi) is 7.12. The minimum atomic E-state index is -1.21. The van der Waals surface area contributed by atoms with E-state index in [2.05, 4.69) is 5.32 Å². The van der Waals surface area contributed by atoms with Gasteiger partial charge in [0.15, 0.2) is 5.60 Å². The van der Waals surface area contributed by atoms with Gasteiger partial charge in [0.25, 0.3) is 5.91 Å². The van der Waals surface area contributed by atoms with Crippen LogP contribution in [0.3, 0.4) is 0 Å². The Bertz CT molecular complexity index is 1130. The maximum atomic E-state index is 13.7. The Morgan fingerprint density at radius 3 is 2.38 bits per heavy atom. The highest BCUT2D eigenvalue weighted by Gasteiger charge is 2.35. The molecule has 0 saturated carbocycles. The number of carbonyl (C=O) groups excluding carboxylic acids is 2. The van der Waals surface area contributed by atoms with Crippen LogP contribution in [0.5, 0.6) is 5.75 Å². The maximum absolute atomic E-state index is 13.7. The fraction of sp³-hybridized carbons (Fsp3) is 0.182. The second kappa shape index (κ2) is 9.48. The number of halogens is 5. The van der Waals surface area contributed by atoms with Crippen LogP contribution in [0.1, 0.15) is 24.2 Å². The summed E-state index contributed by atoms with van der Waals surface area (Å²) >= 11 is 18.6. The van der Waals surface area contributed by atoms with E-state index in [9.17, 15) is 18.4 Å². The Hall–Kier alpha value is -2.61. The quantitative estimate of drug-likeness (QED) is 0.505. The first-order valence-corrected chi connectivity index (χ1v) is 10.4. The third kappa shape index (κ3) is 5.06. The first kappa shape index (κ1) is 24.0. The van der Waals surface area contributed by atoms with Crippen molar-refractivity contribution in [3.63, 3.8) is 0 Å². The summed E-state index contributed by atoms with van der Waals surface area (Å²) in [5, 5.41) is 5.45. The minimum absolute atomic E-state index is 0.280. The average Bonchev–Trinajstić information content (AvgIpc) is 2.71. The van der Waals surface area contributed by atoms with Gasteiger partial charge in [0.1, 0.15) is 22.9 Å². The number of ether oxygens (including phenoxy) is 1. The zero-order valence-corrected chi connectivity index (χ0v) is 19.1. The van der Waals surface area contributed by atoms with Gasteiger partial charge in [-0.25, -0.2) is 13.6 Å². The van der Waals surface area contributed by atoms with Gasteiger partial charge in [0, 0.05) is 5.02 Å². The molecule has 0 fully saturated rings. The number of carbonyl (C=O) groups is 2. The SMILES string of the molecule is CC1=C(Cl)C(C)(Oc2ccc(Cl)cc2Cl)C=CC1NC(=O)NC(=O)c1c(F)cccc1F. The summed E-state index contributed by atoms with van der Waals surface area (Å²) in [6.45, 7) is 3.38. The van der Waals surface area contributed by atoms with Gasteiger partial charge in [-0.3, -0.25) is 10.1 Å². The molecule has 32 heavy (non-hydrogen) atoms. The molecule has 0 aliphatic heterocycles. The lowest BCUT2D eigenvalue weighted by Gasteiger charge is -2.34. The predicted molar refractivity (Wildman–Crippen MR) is 119 cm³/mol. The van der Waals surface area contributed by atoms with Crippen LogP contribution in [-0.2, 0) is 0 Å². The lowest BCUT2D eigenvalue weighted by atomic mass is 9.91. The number of imide groups is 1. The number of hydrogen-bond donors (Lipinski definition) is 2. The number of nitrogens with one attached hydrogen (secondary N) is 2. The molecule has 3 amide bonds. The van der Waals surface area contributed by atoms with E-state index < -0.39 is 40.8 Å². The van der Waals surface area contributed by atoms with Gasteiger partial charge < -0.3 is 10.1 Å². The van der Waals surface area contributed by atoms with E-state index >= 15 is 0 Å². The summed E-state index contributed by atoms with van der Waals surface area (Å²) in [6.07, 6.45) is 3.23. The third-order valence-electron chi connectivity index (χ3n) is 4.77. The Balaban J connectivity index is 1.71. The number of urea groups is 1. The molecular weight excluding hydrogens is 485 g/mol. The third-order valence-corrected chi connectivity index (χ3v) is 5.98. The van der Waals surface area contributed by atoms with Crippen molar-refractivity contribution < 1.29 is 23.1 Å². The van der Waals surface area contributed by atoms with Gasteiger partial charge in [0.2, 0.25) is 0 Å². The van der Waals surface area contributed by atoms with Crippen molar-refractivity contribution in [3.05, 3.63) is 86.4 Å². The molecule has 2 aromatic carbocycles. The minimum Gasteiger partial charge on any atom is -0.476 e. The summed E-state index contributed by atoms with van der Waals surface area (Å²) < 4.78 is 33.5. The molecule has 0 bridgehead atoms. The molecule has 168 valence electrons. The van der Waals surface area contributed by atoms with Gasteiger partial charge in [0.05, 0.1) is 16.1 Å². The normalized spacial score (nSPS) is 20.2. The lowest BCUT2D eigenvalue weighted by Crippen LogP contribution is -2.47. The topological polar surface area (TPSA) is 67.4 Å². The fourth-order valence-corrected chi connectivity index (χ4v) is 3.77. The molecule has 1 aliphatic rings. The van der Waals surface area contributed by atoms with Gasteiger partial charge in [-0.15, -0.1) is 0 Å². The van der Waals surface area contributed by atoms with E-state index in [1.54, 1.807) is 38.1 Å². The summed E-state index contributed by atoms with van der Waals surface area (Å²) in [5.41, 5.74) is -1.40. The molecule has 2 atom stereocenters. The van der Waals surface area contributed by atoms with E-state index in [1.807, 2.05) is 5.32 Å². The molecule has 2 unspecified atom stereocenters. The highest BCUT2D eigenvalue weighted by molar-refractivity contribution is 6.35. The molecule has 10 heteroatoms. The Morgan fingerprint density at radius 1 is 1.09 bits per heavy atom. The molecule has 2 N–H and O–H groups in total. The number of rotatable bonds is 4. The van der Waals surface area contributed by atoms with Gasteiger partial charge in [-0.1, -0.05) is 46.9 Å². The molecule has 0 radical (unpaired) electrons. The van der Waals surface area contributed by atoms with E-state index in [0.29, 0.717) is 21.4 Å². The predicted octanol–water partition coefficient (Wildman–Crippen LogP) is 6.00. The Morgan fingerprint density at radius 2 is 1.75 bits per heavy atom. The zero-order valence-electron chi connectivity index (χ0n) is 16.8. The summed E-state index contributed by atoms with van der Waals surface area (Å²) in [5.74, 6) is -3.02. The van der Waals surface area contributed by atoms with Crippen molar-refractivity contribution in [3.8, 4) is 5.75 Å². The molecular formula is C22H17Cl3F2N2O3. The first-order chi connectivity index (χ1) is 15.0. The van der Waals surface area contributed by atoms with Crippen LogP contribution in [0, 0.1) is 11.6 Å². The van der Waals surface area contributed by atoms with Crippen LogP contribution >= 0.6 is 34.8 Å². The molecule has 0 aromatic heterocycles. The molecule has 1 aliphatic carbocycles. The van der Waals surface area contributed by atoms with E-state index in [-0.39, 0.29) is 5.03 Å². The highest BCUT2D eigenvalue weighted by Crippen LogP contribution is 2.38. The van der Waals surface area contributed by atoms with Crippen LogP contribution in [0.15, 0.2) is 59.2 Å². The van der Waals surface area contributed by atoms with Crippen LogP contribution in [0.2, 0.25) is 10.0 Å². The molecule has 0 heterocycles. The van der Waals surface area contributed by atoms with E-state index in [0.717, 1.165) is 18.2 Å².